The third-order valence-electron chi connectivity index (χ3n) is 6.24. The number of azo groups is 1. The van der Waals surface area contributed by atoms with E-state index in [1.165, 1.54) is 30.9 Å². The van der Waals surface area contributed by atoms with E-state index in [-0.39, 0.29) is 28.8 Å². The summed E-state index contributed by atoms with van der Waals surface area (Å²) in [5.74, 6) is 0.00206. The van der Waals surface area contributed by atoms with Gasteiger partial charge in [-0.05, 0) is 24.3 Å². The molecule has 0 saturated carbocycles. The number of fused-ring (bicyclic) bond motifs is 7. The quantitative estimate of drug-likeness (QED) is 0.242. The summed E-state index contributed by atoms with van der Waals surface area (Å²) in [6.45, 7) is 0. The molecule has 0 saturated heterocycles. The molecule has 1 unspecified atom stereocenters. The van der Waals surface area contributed by atoms with Gasteiger partial charge in [-0.3, -0.25) is 0 Å². The van der Waals surface area contributed by atoms with E-state index in [1.54, 1.807) is 30.3 Å². The van der Waals surface area contributed by atoms with Crippen molar-refractivity contribution in [3.63, 3.8) is 0 Å². The molecule has 11 heteroatoms. The van der Waals surface area contributed by atoms with E-state index in [4.69, 9.17) is 9.47 Å². The number of rotatable bonds is 2. The lowest BCUT2D eigenvalue weighted by atomic mass is 9.77. The van der Waals surface area contributed by atoms with Crippen LogP contribution in [0.25, 0.3) is 11.2 Å². The summed E-state index contributed by atoms with van der Waals surface area (Å²) in [4.78, 5) is 28.2. The van der Waals surface area contributed by atoms with E-state index in [1.807, 2.05) is 6.07 Å². The largest absolute Gasteiger partial charge is 0.508 e. The number of carbonyl (C=O) groups is 1. The Morgan fingerprint density at radius 2 is 1.75 bits per heavy atom. The van der Waals surface area contributed by atoms with E-state index >= 15 is 0 Å². The first-order valence-electron chi connectivity index (χ1n) is 10.8. The molecule has 0 fully saturated rings. The molecule has 5 aromatic rings. The number of phenolic OH excluding ortho intramolecular Hbond substituents is 2. The predicted octanol–water partition coefficient (Wildman–Crippen LogP) is 4.75. The summed E-state index contributed by atoms with van der Waals surface area (Å²) in [6, 6.07) is 14.6. The molecule has 1 atom stereocenters. The summed E-state index contributed by atoms with van der Waals surface area (Å²) < 4.78 is 12.1. The zero-order valence-electron chi connectivity index (χ0n) is 18.2. The van der Waals surface area contributed by atoms with Crippen molar-refractivity contribution in [1.29, 1.82) is 0 Å². The van der Waals surface area contributed by atoms with E-state index in [9.17, 15) is 15.0 Å². The maximum Gasteiger partial charge on any atom is 0.340 e. The van der Waals surface area contributed by atoms with Gasteiger partial charge in [0.1, 0.15) is 35.0 Å². The number of ether oxygens (including phenoxy) is 2. The molecule has 174 valence electrons. The number of nitrogens with one attached hydrogen (secondary N) is 1. The predicted molar refractivity (Wildman–Crippen MR) is 124 cm³/mol. The van der Waals surface area contributed by atoms with Gasteiger partial charge in [-0.1, -0.05) is 18.2 Å². The molecular formula is C25H14N6O5. The molecular weight excluding hydrogens is 464 g/mol. The number of esters is 1. The SMILES string of the molecule is O=C1OC2(c3ccc(O)cc3Oc3cc(O)c(/N=N/c4ncnc5[nH]cnc45)cc32)c2ccccc21. The van der Waals surface area contributed by atoms with Crippen LogP contribution in [0.3, 0.4) is 0 Å². The number of benzene rings is 3. The second-order valence-electron chi connectivity index (χ2n) is 8.23. The molecule has 11 nitrogen and oxygen atoms in total. The Morgan fingerprint density at radius 1 is 0.889 bits per heavy atom. The lowest BCUT2D eigenvalue weighted by Gasteiger charge is -2.36. The minimum atomic E-state index is -1.38. The molecule has 3 N–H and O–H groups in total. The summed E-state index contributed by atoms with van der Waals surface area (Å²) >= 11 is 0. The van der Waals surface area contributed by atoms with Crippen LogP contribution >= 0.6 is 0 Å². The Labute approximate surface area is 201 Å². The number of carbonyl (C=O) groups excluding carboxylic acids is 1. The Kier molecular flexibility index (Phi) is 3.96. The Bertz CT molecular complexity index is 1760. The monoisotopic (exact) mass is 478 g/mol. The average molecular weight is 478 g/mol. The second kappa shape index (κ2) is 7.09. The molecule has 0 aliphatic carbocycles. The summed E-state index contributed by atoms with van der Waals surface area (Å²) in [7, 11) is 0. The molecule has 7 rings (SSSR count). The number of aromatic amines is 1. The third-order valence-corrected chi connectivity index (χ3v) is 6.24. The first-order valence-corrected chi connectivity index (χ1v) is 10.8. The van der Waals surface area contributed by atoms with Gasteiger partial charge in [0, 0.05) is 23.3 Å². The highest BCUT2D eigenvalue weighted by Crippen LogP contribution is 2.58. The highest BCUT2D eigenvalue weighted by atomic mass is 16.6. The topological polar surface area (TPSA) is 155 Å². The number of nitrogens with zero attached hydrogens (tertiary/aromatic N) is 5. The highest BCUT2D eigenvalue weighted by Gasteiger charge is 2.53. The van der Waals surface area contributed by atoms with Gasteiger partial charge in [0.2, 0.25) is 5.82 Å². The van der Waals surface area contributed by atoms with Crippen LogP contribution in [0.2, 0.25) is 0 Å². The minimum Gasteiger partial charge on any atom is -0.508 e. The average Bonchev–Trinajstić information content (AvgIpc) is 3.47. The number of imidazole rings is 1. The molecule has 2 aromatic heterocycles. The van der Waals surface area contributed by atoms with Crippen molar-refractivity contribution in [2.24, 2.45) is 10.2 Å². The van der Waals surface area contributed by atoms with Gasteiger partial charge in [0.25, 0.3) is 0 Å². The molecule has 0 bridgehead atoms. The van der Waals surface area contributed by atoms with E-state index in [0.29, 0.717) is 39.2 Å². The fourth-order valence-corrected chi connectivity index (χ4v) is 4.69. The van der Waals surface area contributed by atoms with Gasteiger partial charge in [0.15, 0.2) is 16.8 Å². The zero-order chi connectivity index (χ0) is 24.4. The summed E-state index contributed by atoms with van der Waals surface area (Å²) in [6.07, 6.45) is 2.79. The maximum atomic E-state index is 13.0. The maximum absolute atomic E-state index is 13.0. The van der Waals surface area contributed by atoms with Crippen molar-refractivity contribution < 1.29 is 24.5 Å². The van der Waals surface area contributed by atoms with E-state index in [2.05, 4.69) is 30.2 Å². The molecule has 36 heavy (non-hydrogen) atoms. The molecule has 4 heterocycles. The summed E-state index contributed by atoms with van der Waals surface area (Å²) in [5, 5.41) is 29.2. The van der Waals surface area contributed by atoms with Crippen molar-refractivity contribution in [2.45, 2.75) is 5.60 Å². The highest BCUT2D eigenvalue weighted by molar-refractivity contribution is 5.97. The number of hydrogen-bond acceptors (Lipinski definition) is 10. The molecule has 0 amide bonds. The number of aromatic nitrogens is 4. The fraction of sp³-hybridized carbons (Fsp3) is 0.0400. The van der Waals surface area contributed by atoms with E-state index < -0.39 is 11.6 Å². The third kappa shape index (κ3) is 2.67. The van der Waals surface area contributed by atoms with Gasteiger partial charge in [0.05, 0.1) is 17.5 Å². The summed E-state index contributed by atoms with van der Waals surface area (Å²) in [5.41, 5.74) is 1.61. The number of aromatic hydroxyl groups is 2. The van der Waals surface area contributed by atoms with Gasteiger partial charge >= 0.3 is 5.97 Å². The van der Waals surface area contributed by atoms with Crippen molar-refractivity contribution in [1.82, 2.24) is 19.9 Å². The van der Waals surface area contributed by atoms with Gasteiger partial charge in [-0.15, -0.1) is 10.2 Å². The van der Waals surface area contributed by atoms with Gasteiger partial charge in [-0.25, -0.2) is 19.7 Å². The van der Waals surface area contributed by atoms with Crippen LogP contribution in [0, 0.1) is 0 Å². The second-order valence-corrected chi connectivity index (χ2v) is 8.23. The Morgan fingerprint density at radius 3 is 2.67 bits per heavy atom. The van der Waals surface area contributed by atoms with Crippen molar-refractivity contribution in [3.05, 3.63) is 89.5 Å². The number of phenols is 2. The Balaban J connectivity index is 1.45. The smallest absolute Gasteiger partial charge is 0.340 e. The van der Waals surface area contributed by atoms with E-state index in [0.717, 1.165) is 0 Å². The van der Waals surface area contributed by atoms with Crippen molar-refractivity contribution in [3.8, 4) is 23.0 Å². The molecule has 1 spiro atoms. The fourth-order valence-electron chi connectivity index (χ4n) is 4.69. The molecule has 3 aromatic carbocycles. The first-order chi connectivity index (χ1) is 17.5. The number of hydrogen-bond donors (Lipinski definition) is 3. The normalized spacial score (nSPS) is 17.6. The van der Waals surface area contributed by atoms with Gasteiger partial charge in [-0.2, -0.15) is 0 Å². The van der Waals surface area contributed by atoms with Crippen LogP contribution in [0.15, 0.2) is 77.5 Å². The number of H-pyrrole nitrogens is 1. The lowest BCUT2D eigenvalue weighted by molar-refractivity contribution is 0.0224. The van der Waals surface area contributed by atoms with Crippen LogP contribution < -0.4 is 4.74 Å². The molecule has 2 aliphatic rings. The van der Waals surface area contributed by atoms with Crippen LogP contribution in [0.5, 0.6) is 23.0 Å². The molecule has 2 aliphatic heterocycles. The minimum absolute atomic E-state index is 0.0193. The van der Waals surface area contributed by atoms with Gasteiger partial charge < -0.3 is 24.7 Å². The first kappa shape index (κ1) is 20.1. The van der Waals surface area contributed by atoms with Crippen LogP contribution in [0.1, 0.15) is 27.0 Å². The Hall–Kier alpha value is -5.32. The van der Waals surface area contributed by atoms with Crippen LogP contribution in [0.4, 0.5) is 11.5 Å². The van der Waals surface area contributed by atoms with Crippen molar-refractivity contribution in [2.75, 3.05) is 0 Å². The molecule has 0 radical (unpaired) electrons. The lowest BCUT2D eigenvalue weighted by Crippen LogP contribution is -2.32. The van der Waals surface area contributed by atoms with Crippen LogP contribution in [-0.2, 0) is 10.3 Å². The van der Waals surface area contributed by atoms with Crippen molar-refractivity contribution >= 4 is 28.6 Å². The zero-order valence-corrected chi connectivity index (χ0v) is 18.2. The standard InChI is InChI=1S/C25H14N6O5/c32-12-5-6-15-19(7-12)35-20-9-18(33)17(30-31-23-21-22(27-10-26-21)28-11-29-23)8-16(20)25(15)14-4-2-1-3-13(14)24(34)36-25/h1-11,32-33H,(H,26,27,28,29)/b31-30+. The van der Waals surface area contributed by atoms with Crippen LogP contribution in [-0.4, -0.2) is 36.1 Å².